The third-order valence-electron chi connectivity index (χ3n) is 3.77. The summed E-state index contributed by atoms with van der Waals surface area (Å²) in [7, 11) is 4.73. The first kappa shape index (κ1) is 17.5. The van der Waals surface area contributed by atoms with Gasteiger partial charge in [0.2, 0.25) is 0 Å². The fourth-order valence-corrected chi connectivity index (χ4v) is 2.55. The van der Waals surface area contributed by atoms with E-state index in [0.29, 0.717) is 23.2 Å². The predicted molar refractivity (Wildman–Crippen MR) is 95.7 cm³/mol. The number of ether oxygens (including phenoxy) is 3. The van der Waals surface area contributed by atoms with Gasteiger partial charge in [-0.25, -0.2) is 4.68 Å². The molecule has 3 aromatic rings. The lowest BCUT2D eigenvalue weighted by Gasteiger charge is -2.11. The fourth-order valence-electron chi connectivity index (χ4n) is 2.55. The largest absolute Gasteiger partial charge is 0.496 e. The van der Waals surface area contributed by atoms with Crippen LogP contribution in [0.5, 0.6) is 17.2 Å². The second kappa shape index (κ2) is 7.26. The summed E-state index contributed by atoms with van der Waals surface area (Å²) in [6.45, 7) is 3.86. The number of methoxy groups -OCH3 is 3. The first-order valence-corrected chi connectivity index (χ1v) is 7.85. The Labute approximate surface area is 150 Å². The molecule has 3 rings (SSSR count). The highest BCUT2D eigenvalue weighted by atomic mass is 16.5. The number of aryl methyl sites for hydroxylation is 2. The van der Waals surface area contributed by atoms with Crippen molar-refractivity contribution in [3.63, 3.8) is 0 Å². The average molecular weight is 356 g/mol. The highest BCUT2D eigenvalue weighted by Gasteiger charge is 2.12. The maximum Gasteiger partial charge on any atom is 0.273 e. The topological polar surface area (TPSA) is 88.6 Å². The van der Waals surface area contributed by atoms with Gasteiger partial charge in [-0.1, -0.05) is 0 Å². The minimum absolute atomic E-state index is 0.492. The molecule has 0 radical (unpaired) electrons. The van der Waals surface area contributed by atoms with Gasteiger partial charge in [0, 0.05) is 17.3 Å². The molecular weight excluding hydrogens is 336 g/mol. The van der Waals surface area contributed by atoms with E-state index in [-0.39, 0.29) is 0 Å². The molecule has 2 aromatic heterocycles. The third-order valence-corrected chi connectivity index (χ3v) is 3.77. The Bertz CT molecular complexity index is 944. The average Bonchev–Trinajstić information content (AvgIpc) is 3.24. The van der Waals surface area contributed by atoms with Crippen molar-refractivity contribution < 1.29 is 14.2 Å². The van der Waals surface area contributed by atoms with Crippen LogP contribution in [-0.2, 0) is 0 Å². The zero-order valence-corrected chi connectivity index (χ0v) is 15.3. The van der Waals surface area contributed by atoms with Crippen molar-refractivity contribution in [2.45, 2.75) is 13.8 Å². The van der Waals surface area contributed by atoms with Crippen LogP contribution in [0.4, 0.5) is 0 Å². The maximum atomic E-state index is 5.41. The van der Waals surface area contributed by atoms with Gasteiger partial charge in [-0.3, -0.25) is 0 Å². The number of rotatable bonds is 6. The number of nitrogens with zero attached hydrogens (tertiary/aromatic N) is 6. The standard InChI is InChI=1S/C17H20N6O3/c1-11-6-12(2)23(21-11)17-20-18-10-22(17)19-9-13-7-15(25-4)16(26-5)8-14(13)24-3/h6-10H,1-5H3/b19-9-. The molecule has 0 amide bonds. The lowest BCUT2D eigenvalue weighted by atomic mass is 10.2. The molecule has 0 aliphatic heterocycles. The summed E-state index contributed by atoms with van der Waals surface area (Å²) in [5.41, 5.74) is 2.55. The van der Waals surface area contributed by atoms with E-state index in [9.17, 15) is 0 Å². The lowest BCUT2D eigenvalue weighted by Crippen LogP contribution is -2.07. The van der Waals surface area contributed by atoms with Crippen LogP contribution in [0.2, 0.25) is 0 Å². The minimum atomic E-state index is 0.492. The first-order chi connectivity index (χ1) is 12.6. The van der Waals surface area contributed by atoms with Crippen molar-refractivity contribution in [2.75, 3.05) is 21.3 Å². The van der Waals surface area contributed by atoms with Gasteiger partial charge in [0.05, 0.1) is 33.2 Å². The summed E-state index contributed by atoms with van der Waals surface area (Å²) in [4.78, 5) is 0. The molecule has 26 heavy (non-hydrogen) atoms. The SMILES string of the molecule is COc1cc(OC)c(OC)cc1/C=N\n1cnnc1-n1nc(C)cc1C. The molecule has 136 valence electrons. The van der Waals surface area contributed by atoms with E-state index < -0.39 is 0 Å². The van der Waals surface area contributed by atoms with Crippen LogP contribution in [0.15, 0.2) is 29.6 Å². The van der Waals surface area contributed by atoms with Gasteiger partial charge < -0.3 is 14.2 Å². The Kier molecular flexibility index (Phi) is 4.87. The van der Waals surface area contributed by atoms with Gasteiger partial charge in [0.25, 0.3) is 5.95 Å². The normalized spacial score (nSPS) is 11.1. The van der Waals surface area contributed by atoms with Gasteiger partial charge in [0.1, 0.15) is 12.1 Å². The number of hydrogen-bond donors (Lipinski definition) is 0. The van der Waals surface area contributed by atoms with E-state index in [1.807, 2.05) is 19.9 Å². The molecule has 0 saturated carbocycles. The summed E-state index contributed by atoms with van der Waals surface area (Å²) in [5, 5.41) is 16.9. The van der Waals surface area contributed by atoms with Crippen molar-refractivity contribution in [3.05, 3.63) is 41.5 Å². The molecule has 0 unspecified atom stereocenters. The molecule has 0 spiro atoms. The second-order valence-electron chi connectivity index (χ2n) is 5.51. The first-order valence-electron chi connectivity index (χ1n) is 7.85. The molecule has 2 heterocycles. The van der Waals surface area contributed by atoms with Crippen LogP contribution in [-0.4, -0.2) is 52.2 Å². The van der Waals surface area contributed by atoms with E-state index in [1.165, 1.54) is 11.0 Å². The van der Waals surface area contributed by atoms with Crippen LogP contribution in [0.25, 0.3) is 5.95 Å². The molecule has 1 aromatic carbocycles. The van der Waals surface area contributed by atoms with Crippen molar-refractivity contribution in [3.8, 4) is 23.2 Å². The Morgan fingerprint density at radius 1 is 0.962 bits per heavy atom. The van der Waals surface area contributed by atoms with Crippen molar-refractivity contribution in [1.29, 1.82) is 0 Å². The van der Waals surface area contributed by atoms with Crippen LogP contribution in [0, 0.1) is 13.8 Å². The van der Waals surface area contributed by atoms with Crippen LogP contribution in [0.3, 0.4) is 0 Å². The second-order valence-corrected chi connectivity index (χ2v) is 5.51. The van der Waals surface area contributed by atoms with E-state index >= 15 is 0 Å². The quantitative estimate of drug-likeness (QED) is 0.628. The molecule has 0 fully saturated rings. The Hall–Kier alpha value is -3.36. The Morgan fingerprint density at radius 2 is 1.65 bits per heavy atom. The molecular formula is C17H20N6O3. The Balaban J connectivity index is 1.99. The molecule has 0 aliphatic carbocycles. The molecule has 9 nitrogen and oxygen atoms in total. The van der Waals surface area contributed by atoms with E-state index in [0.717, 1.165) is 17.0 Å². The summed E-state index contributed by atoms with van der Waals surface area (Å²) in [6, 6.07) is 5.49. The van der Waals surface area contributed by atoms with Crippen LogP contribution in [0.1, 0.15) is 17.0 Å². The molecule has 0 aliphatic rings. The van der Waals surface area contributed by atoms with Crippen LogP contribution >= 0.6 is 0 Å². The lowest BCUT2D eigenvalue weighted by molar-refractivity contribution is 0.349. The summed E-state index contributed by atoms with van der Waals surface area (Å²) in [6.07, 6.45) is 3.15. The highest BCUT2D eigenvalue weighted by molar-refractivity contribution is 5.85. The zero-order valence-electron chi connectivity index (χ0n) is 15.3. The van der Waals surface area contributed by atoms with E-state index in [1.54, 1.807) is 44.4 Å². The van der Waals surface area contributed by atoms with Gasteiger partial charge in [0.15, 0.2) is 11.5 Å². The molecule has 0 bridgehead atoms. The summed E-state index contributed by atoms with van der Waals surface area (Å²) in [5.74, 6) is 2.25. The third kappa shape index (κ3) is 3.23. The predicted octanol–water partition coefficient (Wildman–Crippen LogP) is 1.99. The minimum Gasteiger partial charge on any atom is -0.496 e. The number of aromatic nitrogens is 5. The molecule has 0 atom stereocenters. The summed E-state index contributed by atoms with van der Waals surface area (Å²) < 4.78 is 19.3. The number of hydrogen-bond acceptors (Lipinski definition) is 7. The number of benzene rings is 1. The molecule has 9 heteroatoms. The Morgan fingerprint density at radius 3 is 2.27 bits per heavy atom. The smallest absolute Gasteiger partial charge is 0.273 e. The van der Waals surface area contributed by atoms with Gasteiger partial charge in [-0.15, -0.1) is 10.2 Å². The van der Waals surface area contributed by atoms with Crippen molar-refractivity contribution >= 4 is 6.21 Å². The van der Waals surface area contributed by atoms with Gasteiger partial charge in [-0.2, -0.15) is 14.9 Å². The van der Waals surface area contributed by atoms with Crippen LogP contribution < -0.4 is 14.2 Å². The fraction of sp³-hybridized carbons (Fsp3) is 0.294. The van der Waals surface area contributed by atoms with Gasteiger partial charge >= 0.3 is 0 Å². The molecule has 0 saturated heterocycles. The highest BCUT2D eigenvalue weighted by Crippen LogP contribution is 2.33. The van der Waals surface area contributed by atoms with E-state index in [4.69, 9.17) is 14.2 Å². The zero-order chi connectivity index (χ0) is 18.7. The van der Waals surface area contributed by atoms with Crippen molar-refractivity contribution in [2.24, 2.45) is 5.10 Å². The van der Waals surface area contributed by atoms with Gasteiger partial charge in [-0.05, 0) is 26.0 Å². The molecule has 0 N–H and O–H groups in total. The maximum absolute atomic E-state index is 5.41. The summed E-state index contributed by atoms with van der Waals surface area (Å²) >= 11 is 0. The van der Waals surface area contributed by atoms with Crippen molar-refractivity contribution in [1.82, 2.24) is 24.7 Å². The monoisotopic (exact) mass is 356 g/mol. The van der Waals surface area contributed by atoms with E-state index in [2.05, 4.69) is 20.4 Å².